The van der Waals surface area contributed by atoms with Gasteiger partial charge < -0.3 is 10.4 Å². The Kier molecular flexibility index (Phi) is 4.64. The number of hydrogen-bond donors (Lipinski definition) is 2. The van der Waals surface area contributed by atoms with Crippen molar-refractivity contribution < 1.29 is 5.11 Å². The molecule has 2 rings (SSSR count). The van der Waals surface area contributed by atoms with Crippen molar-refractivity contribution in [3.63, 3.8) is 0 Å². The van der Waals surface area contributed by atoms with Crippen LogP contribution in [-0.4, -0.2) is 17.8 Å². The summed E-state index contributed by atoms with van der Waals surface area (Å²) >= 11 is 0. The van der Waals surface area contributed by atoms with E-state index in [-0.39, 0.29) is 11.5 Å². The molecule has 2 nitrogen and oxygen atoms in total. The largest absolute Gasteiger partial charge is 0.391 e. The molecule has 1 aliphatic carbocycles. The molecule has 1 atom stereocenters. The predicted molar refractivity (Wildman–Crippen MR) is 80.3 cm³/mol. The van der Waals surface area contributed by atoms with Gasteiger partial charge >= 0.3 is 0 Å². The van der Waals surface area contributed by atoms with Crippen LogP contribution in [0.5, 0.6) is 0 Å². The highest BCUT2D eigenvalue weighted by molar-refractivity contribution is 5.33. The zero-order valence-corrected chi connectivity index (χ0v) is 12.5. The van der Waals surface area contributed by atoms with Crippen LogP contribution >= 0.6 is 0 Å². The molecule has 1 aromatic carbocycles. The van der Waals surface area contributed by atoms with Gasteiger partial charge in [0.1, 0.15) is 0 Å². The second-order valence-corrected chi connectivity index (χ2v) is 6.82. The van der Waals surface area contributed by atoms with Crippen molar-refractivity contribution in [2.75, 3.05) is 6.54 Å². The van der Waals surface area contributed by atoms with E-state index < -0.39 is 0 Å². The van der Waals surface area contributed by atoms with Gasteiger partial charge in [-0.1, -0.05) is 39.0 Å². The number of aliphatic hydroxyl groups is 1. The molecule has 1 aliphatic rings. The third-order valence-corrected chi connectivity index (χ3v) is 4.08. The molecule has 0 saturated carbocycles. The Labute approximate surface area is 117 Å². The van der Waals surface area contributed by atoms with Crippen molar-refractivity contribution in [1.82, 2.24) is 5.32 Å². The molecule has 2 N–H and O–H groups in total. The first-order chi connectivity index (χ1) is 8.97. The molecule has 0 radical (unpaired) electrons. The maximum atomic E-state index is 9.99. The van der Waals surface area contributed by atoms with Crippen molar-refractivity contribution in [3.05, 3.63) is 34.9 Å². The molecular weight excluding hydrogens is 234 g/mol. The fourth-order valence-corrected chi connectivity index (χ4v) is 2.56. The summed E-state index contributed by atoms with van der Waals surface area (Å²) < 4.78 is 0. The van der Waals surface area contributed by atoms with Crippen LogP contribution in [0.4, 0.5) is 0 Å². The number of benzene rings is 1. The number of hydrogen-bond acceptors (Lipinski definition) is 2. The van der Waals surface area contributed by atoms with Crippen LogP contribution in [-0.2, 0) is 19.4 Å². The first-order valence-electron chi connectivity index (χ1n) is 7.46. The topological polar surface area (TPSA) is 32.3 Å². The van der Waals surface area contributed by atoms with Crippen LogP contribution in [0.15, 0.2) is 18.2 Å². The van der Waals surface area contributed by atoms with Crippen LogP contribution < -0.4 is 5.32 Å². The van der Waals surface area contributed by atoms with E-state index in [4.69, 9.17) is 0 Å². The Morgan fingerprint density at radius 3 is 2.53 bits per heavy atom. The quantitative estimate of drug-likeness (QED) is 0.873. The minimum Gasteiger partial charge on any atom is -0.391 e. The van der Waals surface area contributed by atoms with Gasteiger partial charge in [0, 0.05) is 13.1 Å². The van der Waals surface area contributed by atoms with Crippen LogP contribution in [0.2, 0.25) is 0 Å². The zero-order chi connectivity index (χ0) is 13.9. The van der Waals surface area contributed by atoms with Crippen molar-refractivity contribution in [3.8, 4) is 0 Å². The number of aliphatic hydroxyl groups excluding tert-OH is 1. The van der Waals surface area contributed by atoms with E-state index >= 15 is 0 Å². The molecule has 0 fully saturated rings. The standard InChI is InChI=1S/C17H27NO/c1-17(2,3)16(19)12-18-11-13-8-9-14-6-4-5-7-15(14)10-13/h8-10,16,18-19H,4-7,11-12H2,1-3H3. The summed E-state index contributed by atoms with van der Waals surface area (Å²) in [6.07, 6.45) is 4.83. The summed E-state index contributed by atoms with van der Waals surface area (Å²) in [6, 6.07) is 6.84. The number of aryl methyl sites for hydroxylation is 2. The lowest BCUT2D eigenvalue weighted by molar-refractivity contribution is 0.0627. The molecule has 0 heterocycles. The number of fused-ring (bicyclic) bond motifs is 1. The lowest BCUT2D eigenvalue weighted by Crippen LogP contribution is -2.36. The van der Waals surface area contributed by atoms with Gasteiger partial charge in [0.2, 0.25) is 0 Å². The van der Waals surface area contributed by atoms with Gasteiger partial charge in [-0.2, -0.15) is 0 Å². The Morgan fingerprint density at radius 1 is 1.16 bits per heavy atom. The van der Waals surface area contributed by atoms with Crippen LogP contribution in [0.3, 0.4) is 0 Å². The smallest absolute Gasteiger partial charge is 0.0712 e. The molecule has 1 aromatic rings. The molecule has 0 bridgehead atoms. The summed E-state index contributed by atoms with van der Waals surface area (Å²) in [6.45, 7) is 7.70. The summed E-state index contributed by atoms with van der Waals surface area (Å²) in [5, 5.41) is 13.4. The average molecular weight is 261 g/mol. The predicted octanol–water partition coefficient (Wildman–Crippen LogP) is 3.06. The van der Waals surface area contributed by atoms with Crippen LogP contribution in [0.25, 0.3) is 0 Å². The van der Waals surface area contributed by atoms with Gasteiger partial charge in [0.15, 0.2) is 0 Å². The third kappa shape index (κ3) is 4.05. The summed E-state index contributed by atoms with van der Waals surface area (Å²) in [5.74, 6) is 0. The molecular formula is C17H27NO. The van der Waals surface area contributed by atoms with E-state index in [0.717, 1.165) is 6.54 Å². The first kappa shape index (κ1) is 14.5. The highest BCUT2D eigenvalue weighted by Gasteiger charge is 2.21. The molecule has 0 aromatic heterocycles. The first-order valence-corrected chi connectivity index (χ1v) is 7.46. The van der Waals surface area contributed by atoms with Gasteiger partial charge in [-0.15, -0.1) is 0 Å². The van der Waals surface area contributed by atoms with Gasteiger partial charge in [-0.25, -0.2) is 0 Å². The van der Waals surface area contributed by atoms with Crippen molar-refractivity contribution in [2.24, 2.45) is 5.41 Å². The number of nitrogens with one attached hydrogen (secondary N) is 1. The lowest BCUT2D eigenvalue weighted by atomic mass is 9.89. The van der Waals surface area contributed by atoms with Gasteiger partial charge in [-0.05, 0) is 47.8 Å². The SMILES string of the molecule is CC(C)(C)C(O)CNCc1ccc2c(c1)CCCC2. The molecule has 0 amide bonds. The van der Waals surface area contributed by atoms with Crippen molar-refractivity contribution >= 4 is 0 Å². The molecule has 1 unspecified atom stereocenters. The molecule has 106 valence electrons. The monoisotopic (exact) mass is 261 g/mol. The average Bonchev–Trinajstić information content (AvgIpc) is 2.37. The van der Waals surface area contributed by atoms with Gasteiger partial charge in [0.25, 0.3) is 0 Å². The second-order valence-electron chi connectivity index (χ2n) is 6.82. The maximum Gasteiger partial charge on any atom is 0.0712 e. The zero-order valence-electron chi connectivity index (χ0n) is 12.5. The molecule has 0 saturated heterocycles. The highest BCUT2D eigenvalue weighted by Crippen LogP contribution is 2.22. The Hall–Kier alpha value is -0.860. The Bertz CT molecular complexity index is 420. The Morgan fingerprint density at radius 2 is 1.84 bits per heavy atom. The summed E-state index contributed by atoms with van der Waals surface area (Å²) in [5.41, 5.74) is 4.34. The van der Waals surface area contributed by atoms with E-state index in [2.05, 4.69) is 44.3 Å². The Balaban J connectivity index is 1.87. The van der Waals surface area contributed by atoms with Crippen molar-refractivity contribution in [1.29, 1.82) is 0 Å². The van der Waals surface area contributed by atoms with E-state index in [9.17, 15) is 5.11 Å². The van der Waals surface area contributed by atoms with E-state index in [1.54, 1.807) is 0 Å². The summed E-state index contributed by atoms with van der Waals surface area (Å²) in [4.78, 5) is 0. The lowest BCUT2D eigenvalue weighted by Gasteiger charge is -2.26. The van der Waals surface area contributed by atoms with Crippen molar-refractivity contribution in [2.45, 2.75) is 59.1 Å². The van der Waals surface area contributed by atoms with Crippen LogP contribution in [0.1, 0.15) is 50.3 Å². The highest BCUT2D eigenvalue weighted by atomic mass is 16.3. The van der Waals surface area contributed by atoms with E-state index in [1.807, 2.05) is 0 Å². The fraction of sp³-hybridized carbons (Fsp3) is 0.647. The fourth-order valence-electron chi connectivity index (χ4n) is 2.56. The maximum absolute atomic E-state index is 9.99. The molecule has 0 aliphatic heterocycles. The van der Waals surface area contributed by atoms with Gasteiger partial charge in [0.05, 0.1) is 6.10 Å². The van der Waals surface area contributed by atoms with Crippen LogP contribution in [0, 0.1) is 5.41 Å². The van der Waals surface area contributed by atoms with E-state index in [0.29, 0.717) is 6.54 Å². The second kappa shape index (κ2) is 6.06. The minimum atomic E-state index is -0.301. The van der Waals surface area contributed by atoms with E-state index in [1.165, 1.54) is 42.4 Å². The summed E-state index contributed by atoms with van der Waals surface area (Å²) in [7, 11) is 0. The number of rotatable bonds is 4. The van der Waals surface area contributed by atoms with Gasteiger partial charge in [-0.3, -0.25) is 0 Å². The normalized spacial score (nSPS) is 17.1. The molecule has 0 spiro atoms. The third-order valence-electron chi connectivity index (χ3n) is 4.08. The minimum absolute atomic E-state index is 0.0527. The molecule has 19 heavy (non-hydrogen) atoms. The molecule has 2 heteroatoms.